The molecule has 6 N–H and O–H groups in total. The molecule has 3 rings (SSSR count). The van der Waals surface area contributed by atoms with E-state index in [1.165, 1.54) is 10.9 Å². The molecule has 8 heteroatoms. The SMILES string of the molecule is CC(C)(C)CN.Cc1ccc(C(=O)NC2CC2)cc1-n1ncc(C(=O)O)c1N. The number of nitrogen functional groups attached to an aromatic ring is 1. The predicted octanol–water partition coefficient (Wildman–Crippen LogP) is 2.34. The highest BCUT2D eigenvalue weighted by Crippen LogP contribution is 2.23. The summed E-state index contributed by atoms with van der Waals surface area (Å²) in [7, 11) is 0. The van der Waals surface area contributed by atoms with Crippen LogP contribution in [0.15, 0.2) is 24.4 Å². The summed E-state index contributed by atoms with van der Waals surface area (Å²) in [6, 6.07) is 5.46. The van der Waals surface area contributed by atoms with Crippen LogP contribution in [0.1, 0.15) is 59.9 Å². The number of carbonyl (C=O) groups excluding carboxylic acids is 1. The Morgan fingerprint density at radius 2 is 1.93 bits per heavy atom. The van der Waals surface area contributed by atoms with Crippen LogP contribution in [0.2, 0.25) is 0 Å². The standard InChI is InChI=1S/C15H16N4O3.C5H13N/c1-8-2-3-9(14(20)18-10-4-5-10)6-12(8)19-13(16)11(7-17-19)15(21)22;1-5(2,3)4-6/h2-3,6-7,10H,4-5,16H2,1H3,(H,18,20)(H,21,22);4,6H2,1-3H3. The van der Waals surface area contributed by atoms with E-state index in [1.54, 1.807) is 18.2 Å². The lowest BCUT2D eigenvalue weighted by Crippen LogP contribution is -2.25. The molecular formula is C20H29N5O3. The van der Waals surface area contributed by atoms with Gasteiger partial charge in [0.15, 0.2) is 0 Å². The second kappa shape index (κ2) is 8.43. The van der Waals surface area contributed by atoms with Gasteiger partial charge >= 0.3 is 5.97 Å². The number of aryl methyl sites for hydroxylation is 1. The molecule has 1 aliphatic rings. The van der Waals surface area contributed by atoms with E-state index in [9.17, 15) is 9.59 Å². The minimum Gasteiger partial charge on any atom is -0.477 e. The normalized spacial score (nSPS) is 13.5. The molecule has 8 nitrogen and oxygen atoms in total. The van der Waals surface area contributed by atoms with Crippen molar-refractivity contribution in [2.24, 2.45) is 11.1 Å². The number of nitrogens with zero attached hydrogens (tertiary/aromatic N) is 2. The van der Waals surface area contributed by atoms with Crippen LogP contribution in [0.5, 0.6) is 0 Å². The minimum atomic E-state index is -1.14. The number of hydrogen-bond acceptors (Lipinski definition) is 5. The van der Waals surface area contributed by atoms with Crippen molar-refractivity contribution in [3.05, 3.63) is 41.1 Å². The highest BCUT2D eigenvalue weighted by molar-refractivity contribution is 5.95. The topological polar surface area (TPSA) is 136 Å². The van der Waals surface area contributed by atoms with Crippen LogP contribution >= 0.6 is 0 Å². The maximum atomic E-state index is 12.1. The maximum Gasteiger partial charge on any atom is 0.341 e. The number of carboxylic acid groups (broad SMARTS) is 1. The maximum absolute atomic E-state index is 12.1. The van der Waals surface area contributed by atoms with Crippen molar-refractivity contribution < 1.29 is 14.7 Å². The van der Waals surface area contributed by atoms with Gasteiger partial charge < -0.3 is 21.9 Å². The Morgan fingerprint density at radius 1 is 1.32 bits per heavy atom. The molecular weight excluding hydrogens is 358 g/mol. The first-order valence-electron chi connectivity index (χ1n) is 9.22. The van der Waals surface area contributed by atoms with Crippen molar-refractivity contribution in [1.82, 2.24) is 15.1 Å². The van der Waals surface area contributed by atoms with E-state index < -0.39 is 5.97 Å². The number of carbonyl (C=O) groups is 2. The lowest BCUT2D eigenvalue weighted by molar-refractivity contribution is 0.0697. The molecule has 0 unspecified atom stereocenters. The van der Waals surface area contributed by atoms with Crippen LogP contribution in [-0.4, -0.2) is 39.4 Å². The Kier molecular flexibility index (Phi) is 6.45. The quantitative estimate of drug-likeness (QED) is 0.636. The van der Waals surface area contributed by atoms with Crippen molar-refractivity contribution in [3.63, 3.8) is 0 Å². The van der Waals surface area contributed by atoms with Gasteiger partial charge in [0, 0.05) is 11.6 Å². The molecule has 2 aromatic rings. The number of aromatic nitrogens is 2. The molecule has 0 saturated heterocycles. The first-order chi connectivity index (χ1) is 13.0. The molecule has 0 bridgehead atoms. The van der Waals surface area contributed by atoms with E-state index in [-0.39, 0.29) is 23.3 Å². The van der Waals surface area contributed by atoms with E-state index in [1.807, 2.05) is 6.92 Å². The number of benzene rings is 1. The Labute approximate surface area is 164 Å². The van der Waals surface area contributed by atoms with Gasteiger partial charge in [0.2, 0.25) is 0 Å². The van der Waals surface area contributed by atoms with E-state index >= 15 is 0 Å². The fourth-order valence-corrected chi connectivity index (χ4v) is 2.19. The third kappa shape index (κ3) is 5.56. The van der Waals surface area contributed by atoms with Crippen LogP contribution in [0.4, 0.5) is 5.82 Å². The fourth-order valence-electron chi connectivity index (χ4n) is 2.19. The van der Waals surface area contributed by atoms with E-state index in [2.05, 4.69) is 31.2 Å². The summed E-state index contributed by atoms with van der Waals surface area (Å²) in [5.41, 5.74) is 13.3. The van der Waals surface area contributed by atoms with Crippen molar-refractivity contribution in [2.45, 2.75) is 46.6 Å². The molecule has 1 fully saturated rings. The number of hydrogen-bond donors (Lipinski definition) is 4. The fraction of sp³-hybridized carbons (Fsp3) is 0.450. The van der Waals surface area contributed by atoms with Crippen molar-refractivity contribution in [1.29, 1.82) is 0 Å². The summed E-state index contributed by atoms with van der Waals surface area (Å²) >= 11 is 0. The average Bonchev–Trinajstić information content (AvgIpc) is 3.34. The van der Waals surface area contributed by atoms with Crippen LogP contribution in [0.25, 0.3) is 5.69 Å². The second-order valence-corrected chi connectivity index (χ2v) is 8.17. The van der Waals surface area contributed by atoms with E-state index in [4.69, 9.17) is 16.6 Å². The second-order valence-electron chi connectivity index (χ2n) is 8.17. The summed E-state index contributed by atoms with van der Waals surface area (Å²) < 4.78 is 1.34. The lowest BCUT2D eigenvalue weighted by Gasteiger charge is -2.12. The minimum absolute atomic E-state index is 0.0374. The van der Waals surface area contributed by atoms with Gasteiger partial charge in [-0.05, 0) is 49.4 Å². The van der Waals surface area contributed by atoms with Gasteiger partial charge in [0.05, 0.1) is 11.9 Å². The highest BCUT2D eigenvalue weighted by atomic mass is 16.4. The number of carboxylic acids is 1. The summed E-state index contributed by atoms with van der Waals surface area (Å²) in [6.45, 7) is 8.97. The third-order valence-corrected chi connectivity index (χ3v) is 4.26. The van der Waals surface area contributed by atoms with Gasteiger partial charge in [-0.2, -0.15) is 5.10 Å². The Balaban J connectivity index is 0.000000409. The molecule has 1 aliphatic carbocycles. The number of rotatable bonds is 4. The Bertz CT molecular complexity index is 863. The molecule has 1 saturated carbocycles. The van der Waals surface area contributed by atoms with Gasteiger partial charge in [0.1, 0.15) is 11.4 Å². The molecule has 1 heterocycles. The summed E-state index contributed by atoms with van der Waals surface area (Å²) in [4.78, 5) is 23.2. The molecule has 28 heavy (non-hydrogen) atoms. The monoisotopic (exact) mass is 387 g/mol. The summed E-state index contributed by atoms with van der Waals surface area (Å²) in [5, 5.41) is 16.0. The Hall–Kier alpha value is -2.87. The van der Waals surface area contributed by atoms with Gasteiger partial charge in [0.25, 0.3) is 5.91 Å². The molecule has 152 valence electrons. The first kappa shape index (κ1) is 21.4. The van der Waals surface area contributed by atoms with Crippen LogP contribution in [0, 0.1) is 12.3 Å². The van der Waals surface area contributed by atoms with Gasteiger partial charge in [-0.3, -0.25) is 4.79 Å². The molecule has 0 atom stereocenters. The number of nitrogens with two attached hydrogens (primary N) is 2. The van der Waals surface area contributed by atoms with Crippen LogP contribution in [0.3, 0.4) is 0 Å². The zero-order valence-corrected chi connectivity index (χ0v) is 16.8. The molecule has 0 radical (unpaired) electrons. The number of amides is 1. The predicted molar refractivity (Wildman–Crippen MR) is 109 cm³/mol. The smallest absolute Gasteiger partial charge is 0.341 e. The number of nitrogens with one attached hydrogen (secondary N) is 1. The van der Waals surface area contributed by atoms with Crippen LogP contribution < -0.4 is 16.8 Å². The van der Waals surface area contributed by atoms with Crippen LogP contribution in [-0.2, 0) is 0 Å². The van der Waals surface area contributed by atoms with Crippen molar-refractivity contribution in [3.8, 4) is 5.69 Å². The lowest BCUT2D eigenvalue weighted by atomic mass is 9.98. The largest absolute Gasteiger partial charge is 0.477 e. The average molecular weight is 387 g/mol. The van der Waals surface area contributed by atoms with E-state index in [0.29, 0.717) is 16.7 Å². The zero-order valence-electron chi connectivity index (χ0n) is 16.8. The van der Waals surface area contributed by atoms with Crippen molar-refractivity contribution in [2.75, 3.05) is 12.3 Å². The molecule has 1 aromatic heterocycles. The molecule has 0 spiro atoms. The van der Waals surface area contributed by atoms with Gasteiger partial charge in [-0.1, -0.05) is 26.8 Å². The first-order valence-corrected chi connectivity index (χ1v) is 9.22. The molecule has 0 aliphatic heterocycles. The zero-order chi connectivity index (χ0) is 21.1. The van der Waals surface area contributed by atoms with Gasteiger partial charge in [-0.15, -0.1) is 0 Å². The Morgan fingerprint density at radius 3 is 2.39 bits per heavy atom. The number of anilines is 1. The van der Waals surface area contributed by atoms with Crippen molar-refractivity contribution >= 4 is 17.7 Å². The summed E-state index contributed by atoms with van der Waals surface area (Å²) in [5.74, 6) is -1.24. The third-order valence-electron chi connectivity index (χ3n) is 4.26. The summed E-state index contributed by atoms with van der Waals surface area (Å²) in [6.07, 6.45) is 3.23. The number of aromatic carboxylic acids is 1. The molecule has 1 amide bonds. The molecule has 1 aromatic carbocycles. The van der Waals surface area contributed by atoms with E-state index in [0.717, 1.165) is 24.9 Å². The van der Waals surface area contributed by atoms with Gasteiger partial charge in [-0.25, -0.2) is 9.48 Å². The highest BCUT2D eigenvalue weighted by Gasteiger charge is 2.24.